The van der Waals surface area contributed by atoms with Gasteiger partial charge in [-0.3, -0.25) is 0 Å². The number of aryl methyl sites for hydroxylation is 2. The van der Waals surface area contributed by atoms with E-state index in [-0.39, 0.29) is 0 Å². The smallest absolute Gasteiger partial charge is 0.119 e. The van der Waals surface area contributed by atoms with E-state index in [0.29, 0.717) is 0 Å². The summed E-state index contributed by atoms with van der Waals surface area (Å²) in [7, 11) is 3.40. The molecule has 3 rings (SSSR count). The van der Waals surface area contributed by atoms with Crippen LogP contribution < -0.4 is 15.2 Å². The van der Waals surface area contributed by atoms with Gasteiger partial charge < -0.3 is 19.8 Å². The van der Waals surface area contributed by atoms with Crippen molar-refractivity contribution in [3.05, 3.63) is 48.0 Å². The summed E-state index contributed by atoms with van der Waals surface area (Å²) in [5, 5.41) is 1.23. The molecule has 3 aromatic rings. The lowest BCUT2D eigenvalue weighted by atomic mass is 10.1. The summed E-state index contributed by atoms with van der Waals surface area (Å²) < 4.78 is 13.1. The van der Waals surface area contributed by atoms with E-state index in [9.17, 15) is 0 Å². The highest BCUT2D eigenvalue weighted by Crippen LogP contribution is 2.36. The fourth-order valence-electron chi connectivity index (χ4n) is 3.40. The molecule has 0 aliphatic carbocycles. The number of aromatic nitrogens is 1. The molecule has 4 nitrogen and oxygen atoms in total. The molecule has 0 saturated carbocycles. The third kappa shape index (κ3) is 3.35. The fourth-order valence-corrected chi connectivity index (χ4v) is 3.40. The molecule has 0 atom stereocenters. The van der Waals surface area contributed by atoms with E-state index < -0.39 is 0 Å². The van der Waals surface area contributed by atoms with Gasteiger partial charge in [-0.2, -0.15) is 0 Å². The van der Waals surface area contributed by atoms with Crippen LogP contribution in [-0.2, 0) is 6.54 Å². The van der Waals surface area contributed by atoms with Gasteiger partial charge in [-0.15, -0.1) is 0 Å². The van der Waals surface area contributed by atoms with Crippen LogP contribution >= 0.6 is 0 Å². The molecular formula is C21H26N2O2. The monoisotopic (exact) mass is 338 g/mol. The van der Waals surface area contributed by atoms with E-state index in [1.165, 1.54) is 27.7 Å². The second kappa shape index (κ2) is 7.62. The molecule has 0 bridgehead atoms. The second-order valence-corrected chi connectivity index (χ2v) is 6.23. The fraction of sp³-hybridized carbons (Fsp3) is 0.333. The zero-order valence-electron chi connectivity index (χ0n) is 15.2. The number of unbranched alkanes of at least 4 members (excludes halogenated alkanes) is 1. The van der Waals surface area contributed by atoms with Crippen LogP contribution in [0.1, 0.15) is 18.4 Å². The first kappa shape index (κ1) is 17.4. The van der Waals surface area contributed by atoms with Crippen molar-refractivity contribution < 1.29 is 9.47 Å². The third-order valence-corrected chi connectivity index (χ3v) is 4.72. The topological polar surface area (TPSA) is 49.4 Å². The van der Waals surface area contributed by atoms with Gasteiger partial charge in [0.2, 0.25) is 0 Å². The third-order valence-electron chi connectivity index (χ3n) is 4.72. The van der Waals surface area contributed by atoms with Crippen molar-refractivity contribution in [2.24, 2.45) is 5.73 Å². The van der Waals surface area contributed by atoms with Crippen LogP contribution in [0.5, 0.6) is 11.5 Å². The molecule has 0 amide bonds. The van der Waals surface area contributed by atoms with Crippen LogP contribution in [0.2, 0.25) is 0 Å². The van der Waals surface area contributed by atoms with Crippen molar-refractivity contribution >= 4 is 10.9 Å². The highest BCUT2D eigenvalue weighted by molar-refractivity contribution is 5.92. The van der Waals surface area contributed by atoms with Gasteiger partial charge in [-0.05, 0) is 79.9 Å². The number of methoxy groups -OCH3 is 2. The molecule has 2 N–H and O–H groups in total. The summed E-state index contributed by atoms with van der Waals surface area (Å²) in [6.07, 6.45) is 2.09. The van der Waals surface area contributed by atoms with Gasteiger partial charge in [0.15, 0.2) is 0 Å². The maximum atomic E-state index is 5.69. The van der Waals surface area contributed by atoms with Gasteiger partial charge in [-0.1, -0.05) is 0 Å². The van der Waals surface area contributed by atoms with Crippen LogP contribution in [-0.4, -0.2) is 25.3 Å². The van der Waals surface area contributed by atoms with Crippen LogP contribution in [0.25, 0.3) is 22.2 Å². The number of hydrogen-bond donors (Lipinski definition) is 1. The largest absolute Gasteiger partial charge is 0.497 e. The zero-order valence-corrected chi connectivity index (χ0v) is 15.2. The quantitative estimate of drug-likeness (QED) is 0.651. The number of nitrogens with two attached hydrogens (primary N) is 1. The number of fused-ring (bicyclic) bond motifs is 1. The molecule has 0 aliphatic rings. The Kier molecular flexibility index (Phi) is 5.29. The molecule has 0 spiro atoms. The van der Waals surface area contributed by atoms with Crippen molar-refractivity contribution in [2.75, 3.05) is 20.8 Å². The van der Waals surface area contributed by atoms with Gasteiger partial charge in [0, 0.05) is 17.4 Å². The van der Waals surface area contributed by atoms with E-state index in [1.54, 1.807) is 14.2 Å². The normalized spacial score (nSPS) is 11.0. The summed E-state index contributed by atoms with van der Waals surface area (Å²) >= 11 is 0. The minimum Gasteiger partial charge on any atom is -0.497 e. The second-order valence-electron chi connectivity index (χ2n) is 6.23. The average molecular weight is 338 g/mol. The van der Waals surface area contributed by atoms with Gasteiger partial charge in [0.05, 0.1) is 19.9 Å². The van der Waals surface area contributed by atoms with Gasteiger partial charge >= 0.3 is 0 Å². The maximum Gasteiger partial charge on any atom is 0.119 e. The van der Waals surface area contributed by atoms with Crippen molar-refractivity contribution in [1.82, 2.24) is 4.57 Å². The zero-order chi connectivity index (χ0) is 17.8. The number of hydrogen-bond acceptors (Lipinski definition) is 3. The van der Waals surface area contributed by atoms with Crippen LogP contribution in [0, 0.1) is 6.92 Å². The molecule has 25 heavy (non-hydrogen) atoms. The predicted octanol–water partition coefficient (Wildman–Crippen LogP) is 4.37. The van der Waals surface area contributed by atoms with Gasteiger partial charge in [0.25, 0.3) is 0 Å². The summed E-state index contributed by atoms with van der Waals surface area (Å²) in [6.45, 7) is 3.86. The van der Waals surface area contributed by atoms with Crippen LogP contribution in [0.4, 0.5) is 0 Å². The lowest BCUT2D eigenvalue weighted by Crippen LogP contribution is -2.04. The molecule has 1 heterocycles. The number of nitrogens with zero attached hydrogens (tertiary/aromatic N) is 1. The molecule has 0 saturated heterocycles. The standard InChI is InChI=1S/C21H26N2O2/c1-15-19-14-18(25-3)10-11-20(19)23(13-5-4-12-22)21(15)16-6-8-17(24-2)9-7-16/h6-11,14H,4-5,12-13,22H2,1-3H3. The summed E-state index contributed by atoms with van der Waals surface area (Å²) in [4.78, 5) is 0. The Bertz CT molecular complexity index is 850. The van der Waals surface area contributed by atoms with Crippen molar-refractivity contribution in [1.29, 1.82) is 0 Å². The maximum absolute atomic E-state index is 5.69. The van der Waals surface area contributed by atoms with E-state index in [0.717, 1.165) is 37.4 Å². The Balaban J connectivity index is 2.15. The molecular weight excluding hydrogens is 312 g/mol. The van der Waals surface area contributed by atoms with E-state index in [1.807, 2.05) is 18.2 Å². The Morgan fingerprint density at radius 1 is 0.920 bits per heavy atom. The van der Waals surface area contributed by atoms with E-state index >= 15 is 0 Å². The van der Waals surface area contributed by atoms with E-state index in [4.69, 9.17) is 15.2 Å². The SMILES string of the molecule is COc1ccc(-c2c(C)c3cc(OC)ccc3n2CCCCN)cc1. The van der Waals surface area contributed by atoms with Gasteiger partial charge in [0.1, 0.15) is 11.5 Å². The molecule has 1 aromatic heterocycles. The van der Waals surface area contributed by atoms with Crippen molar-refractivity contribution in [3.8, 4) is 22.8 Å². The summed E-state index contributed by atoms with van der Waals surface area (Å²) in [5.74, 6) is 1.75. The number of benzene rings is 2. The minimum absolute atomic E-state index is 0.726. The average Bonchev–Trinajstić information content (AvgIpc) is 2.93. The highest BCUT2D eigenvalue weighted by atomic mass is 16.5. The Morgan fingerprint density at radius 3 is 2.24 bits per heavy atom. The molecule has 4 heteroatoms. The Hall–Kier alpha value is -2.46. The Morgan fingerprint density at radius 2 is 1.60 bits per heavy atom. The Labute approximate surface area is 149 Å². The molecule has 0 unspecified atom stereocenters. The first-order valence-electron chi connectivity index (χ1n) is 8.71. The predicted molar refractivity (Wildman–Crippen MR) is 104 cm³/mol. The molecule has 0 radical (unpaired) electrons. The minimum atomic E-state index is 0.726. The van der Waals surface area contributed by atoms with Crippen LogP contribution in [0.15, 0.2) is 42.5 Å². The number of ether oxygens (including phenoxy) is 2. The first-order chi connectivity index (χ1) is 12.2. The van der Waals surface area contributed by atoms with Gasteiger partial charge in [-0.25, -0.2) is 0 Å². The summed E-state index contributed by atoms with van der Waals surface area (Å²) in [6, 6.07) is 14.6. The first-order valence-corrected chi connectivity index (χ1v) is 8.71. The lowest BCUT2D eigenvalue weighted by molar-refractivity contribution is 0.415. The molecule has 0 fully saturated rings. The highest BCUT2D eigenvalue weighted by Gasteiger charge is 2.16. The summed E-state index contributed by atoms with van der Waals surface area (Å²) in [5.41, 5.74) is 10.6. The number of rotatable bonds is 7. The van der Waals surface area contributed by atoms with Crippen molar-refractivity contribution in [2.45, 2.75) is 26.3 Å². The molecule has 0 aliphatic heterocycles. The van der Waals surface area contributed by atoms with E-state index in [2.05, 4.69) is 35.8 Å². The molecule has 2 aromatic carbocycles. The lowest BCUT2D eigenvalue weighted by Gasteiger charge is -2.12. The molecule has 132 valence electrons. The van der Waals surface area contributed by atoms with Crippen LogP contribution in [0.3, 0.4) is 0 Å². The van der Waals surface area contributed by atoms with Crippen molar-refractivity contribution in [3.63, 3.8) is 0 Å².